The molecule has 0 radical (unpaired) electrons. The Kier molecular flexibility index (Phi) is 5.48. The number of hydrogen-bond acceptors (Lipinski definition) is 2. The van der Waals surface area contributed by atoms with Crippen LogP contribution in [0.5, 0.6) is 0 Å². The van der Waals surface area contributed by atoms with Gasteiger partial charge in [0.25, 0.3) is 0 Å². The van der Waals surface area contributed by atoms with Gasteiger partial charge in [-0.2, -0.15) is 0 Å². The molecule has 0 bridgehead atoms. The van der Waals surface area contributed by atoms with Crippen LogP contribution in [0, 0.1) is 28.5 Å². The molecule has 33 heavy (non-hydrogen) atoms. The SMILES string of the molecule is CC(C(=O)Nc1ccc(Cl)cc1)C1C[C@]2(C)CC(c3ccnc4ccc(F)cc34)C[C@]2(C)C1. The second-order valence-corrected chi connectivity index (χ2v) is 11.2. The summed E-state index contributed by atoms with van der Waals surface area (Å²) in [6, 6.07) is 14.2. The van der Waals surface area contributed by atoms with Gasteiger partial charge in [-0.1, -0.05) is 32.4 Å². The molecule has 2 aliphatic carbocycles. The zero-order valence-corrected chi connectivity index (χ0v) is 20.1. The van der Waals surface area contributed by atoms with Gasteiger partial charge < -0.3 is 5.32 Å². The second kappa shape index (κ2) is 8.09. The van der Waals surface area contributed by atoms with Gasteiger partial charge in [-0.15, -0.1) is 0 Å². The van der Waals surface area contributed by atoms with Crippen molar-refractivity contribution < 1.29 is 9.18 Å². The maximum absolute atomic E-state index is 14.0. The molecular weight excluding hydrogens is 435 g/mol. The molecule has 0 spiro atoms. The van der Waals surface area contributed by atoms with Gasteiger partial charge in [-0.25, -0.2) is 4.39 Å². The van der Waals surface area contributed by atoms with Crippen LogP contribution in [0.3, 0.4) is 0 Å². The molecule has 2 fully saturated rings. The highest BCUT2D eigenvalue weighted by molar-refractivity contribution is 6.30. The van der Waals surface area contributed by atoms with Crippen LogP contribution in [0.25, 0.3) is 10.9 Å². The van der Waals surface area contributed by atoms with Gasteiger partial charge in [-0.3, -0.25) is 9.78 Å². The quantitative estimate of drug-likeness (QED) is 0.431. The number of nitrogens with one attached hydrogen (secondary N) is 1. The number of anilines is 1. The molecule has 3 aromatic rings. The Bertz CT molecular complexity index is 1190. The van der Waals surface area contributed by atoms with E-state index in [0.29, 0.717) is 16.9 Å². The minimum atomic E-state index is -0.215. The molecule has 5 heteroatoms. The van der Waals surface area contributed by atoms with E-state index in [1.165, 1.54) is 11.6 Å². The molecule has 1 amide bonds. The zero-order valence-electron chi connectivity index (χ0n) is 19.4. The molecule has 2 saturated carbocycles. The van der Waals surface area contributed by atoms with Gasteiger partial charge in [0.05, 0.1) is 5.52 Å². The predicted octanol–water partition coefficient (Wildman–Crippen LogP) is 7.60. The van der Waals surface area contributed by atoms with Crippen LogP contribution in [0.2, 0.25) is 5.02 Å². The third-order valence-corrected chi connectivity index (χ3v) is 8.94. The number of carbonyl (C=O) groups is 1. The standard InChI is InChI=1S/C28H30ClFN2O/c1-17(26(33)32-22-7-4-20(29)5-8-22)18-13-27(2)15-19(16-28(27,3)14-18)23-10-11-31-25-9-6-21(30)12-24(23)25/h4-12,17-19H,13-16H2,1-3H3,(H,32,33)/t17?,18?,19?,27-,28+. The molecule has 1 N–H and O–H groups in total. The van der Waals surface area contributed by atoms with Gasteiger partial charge in [0.15, 0.2) is 0 Å². The van der Waals surface area contributed by atoms with E-state index in [1.54, 1.807) is 24.3 Å². The average molecular weight is 465 g/mol. The van der Waals surface area contributed by atoms with Crippen LogP contribution in [0.1, 0.15) is 57.9 Å². The Morgan fingerprint density at radius 1 is 1.06 bits per heavy atom. The van der Waals surface area contributed by atoms with Crippen LogP contribution in [0.4, 0.5) is 10.1 Å². The van der Waals surface area contributed by atoms with Crippen LogP contribution in [-0.4, -0.2) is 10.9 Å². The molecule has 2 aromatic carbocycles. The lowest BCUT2D eigenvalue weighted by Gasteiger charge is -2.34. The maximum Gasteiger partial charge on any atom is 0.227 e. The summed E-state index contributed by atoms with van der Waals surface area (Å²) in [5.41, 5.74) is 3.15. The number of halogens is 2. The summed E-state index contributed by atoms with van der Waals surface area (Å²) in [4.78, 5) is 17.4. The van der Waals surface area contributed by atoms with Crippen LogP contribution in [-0.2, 0) is 4.79 Å². The largest absolute Gasteiger partial charge is 0.326 e. The van der Waals surface area contributed by atoms with E-state index in [9.17, 15) is 9.18 Å². The van der Waals surface area contributed by atoms with E-state index in [4.69, 9.17) is 11.6 Å². The van der Waals surface area contributed by atoms with E-state index < -0.39 is 0 Å². The lowest BCUT2D eigenvalue weighted by molar-refractivity contribution is -0.121. The molecule has 1 heterocycles. The van der Waals surface area contributed by atoms with Gasteiger partial charge >= 0.3 is 0 Å². The van der Waals surface area contributed by atoms with Crippen molar-refractivity contribution in [3.63, 3.8) is 0 Å². The predicted molar refractivity (Wildman–Crippen MR) is 132 cm³/mol. The summed E-state index contributed by atoms with van der Waals surface area (Å²) in [5.74, 6) is 0.523. The zero-order chi connectivity index (χ0) is 23.4. The van der Waals surface area contributed by atoms with Crippen LogP contribution in [0.15, 0.2) is 54.7 Å². The van der Waals surface area contributed by atoms with E-state index in [2.05, 4.69) is 37.1 Å². The van der Waals surface area contributed by atoms with Gasteiger partial charge in [0.1, 0.15) is 5.82 Å². The third kappa shape index (κ3) is 3.93. The first-order chi connectivity index (χ1) is 15.7. The summed E-state index contributed by atoms with van der Waals surface area (Å²) < 4.78 is 14.0. The monoisotopic (exact) mass is 464 g/mol. The summed E-state index contributed by atoms with van der Waals surface area (Å²) in [6.07, 6.45) is 6.03. The fourth-order valence-electron chi connectivity index (χ4n) is 6.61. The lowest BCUT2D eigenvalue weighted by Crippen LogP contribution is -2.27. The smallest absolute Gasteiger partial charge is 0.227 e. The highest BCUT2D eigenvalue weighted by Gasteiger charge is 2.59. The minimum Gasteiger partial charge on any atom is -0.326 e. The van der Waals surface area contributed by atoms with Gasteiger partial charge in [0, 0.05) is 28.2 Å². The fraction of sp³-hybridized carbons (Fsp3) is 0.429. The number of nitrogens with zero attached hydrogens (tertiary/aromatic N) is 1. The number of amides is 1. The molecule has 172 valence electrons. The van der Waals surface area contributed by atoms with Crippen LogP contribution >= 0.6 is 11.6 Å². The van der Waals surface area contributed by atoms with Crippen molar-refractivity contribution in [2.45, 2.75) is 52.4 Å². The van der Waals surface area contributed by atoms with Crippen molar-refractivity contribution in [2.24, 2.45) is 22.7 Å². The molecule has 2 aliphatic rings. The minimum absolute atomic E-state index is 0.0609. The molecule has 5 rings (SSSR count). The van der Waals surface area contributed by atoms with Crippen molar-refractivity contribution in [3.05, 3.63) is 71.1 Å². The fourth-order valence-corrected chi connectivity index (χ4v) is 6.74. The first-order valence-electron chi connectivity index (χ1n) is 11.8. The number of carbonyl (C=O) groups excluding carboxylic acids is 1. The number of benzene rings is 2. The Morgan fingerprint density at radius 3 is 2.39 bits per heavy atom. The topological polar surface area (TPSA) is 42.0 Å². The average Bonchev–Trinajstić information content (AvgIpc) is 3.18. The second-order valence-electron chi connectivity index (χ2n) is 10.7. The maximum atomic E-state index is 14.0. The highest BCUT2D eigenvalue weighted by atomic mass is 35.5. The van der Waals surface area contributed by atoms with Gasteiger partial charge in [-0.05, 0) is 102 Å². The Hall–Kier alpha value is -2.46. The summed E-state index contributed by atoms with van der Waals surface area (Å²) >= 11 is 5.96. The first-order valence-corrected chi connectivity index (χ1v) is 12.2. The van der Waals surface area contributed by atoms with E-state index >= 15 is 0 Å². The molecular formula is C28H30ClFN2O. The molecule has 3 unspecified atom stereocenters. The Balaban J connectivity index is 1.33. The lowest BCUT2D eigenvalue weighted by atomic mass is 9.71. The molecule has 0 saturated heterocycles. The summed E-state index contributed by atoms with van der Waals surface area (Å²) in [6.45, 7) is 6.84. The van der Waals surface area contributed by atoms with Gasteiger partial charge in [0.2, 0.25) is 5.91 Å². The van der Waals surface area contributed by atoms with Crippen molar-refractivity contribution in [1.82, 2.24) is 4.98 Å². The molecule has 1 aromatic heterocycles. The molecule has 0 aliphatic heterocycles. The highest BCUT2D eigenvalue weighted by Crippen LogP contribution is 2.68. The first kappa shape index (κ1) is 22.3. The number of hydrogen-bond donors (Lipinski definition) is 1. The number of rotatable bonds is 4. The molecule has 3 nitrogen and oxygen atoms in total. The molecule has 5 atom stereocenters. The summed E-state index contributed by atoms with van der Waals surface area (Å²) in [5, 5.41) is 4.65. The summed E-state index contributed by atoms with van der Waals surface area (Å²) in [7, 11) is 0. The van der Waals surface area contributed by atoms with Crippen molar-refractivity contribution >= 4 is 34.1 Å². The van der Waals surface area contributed by atoms with Crippen molar-refractivity contribution in [3.8, 4) is 0 Å². The number of pyridine rings is 1. The number of aromatic nitrogens is 1. The van der Waals surface area contributed by atoms with Crippen molar-refractivity contribution in [1.29, 1.82) is 0 Å². The van der Waals surface area contributed by atoms with E-state index in [1.807, 2.05) is 18.3 Å². The van der Waals surface area contributed by atoms with Crippen molar-refractivity contribution in [2.75, 3.05) is 5.32 Å². The Morgan fingerprint density at radius 2 is 1.73 bits per heavy atom. The Labute approximate surface area is 199 Å². The van der Waals surface area contributed by atoms with E-state index in [0.717, 1.165) is 42.3 Å². The normalized spacial score (nSPS) is 29.7. The third-order valence-electron chi connectivity index (χ3n) is 8.69. The number of fused-ring (bicyclic) bond motifs is 2. The van der Waals surface area contributed by atoms with Crippen LogP contribution < -0.4 is 5.32 Å². The van der Waals surface area contributed by atoms with E-state index in [-0.39, 0.29) is 28.5 Å².